The molecule has 2 aromatic rings. The van der Waals surface area contributed by atoms with Crippen LogP contribution in [0, 0.1) is 5.92 Å². The van der Waals surface area contributed by atoms with Gasteiger partial charge in [-0.15, -0.1) is 0 Å². The number of hydrogen-bond donors (Lipinski definition) is 0. The Hall–Kier alpha value is -2.22. The summed E-state index contributed by atoms with van der Waals surface area (Å²) in [6, 6.07) is 13.4. The Morgan fingerprint density at radius 1 is 1.05 bits per heavy atom. The van der Waals surface area contributed by atoms with Crippen LogP contribution in [0.2, 0.25) is 0 Å². The molecule has 3 rings (SSSR count). The number of benzene rings is 2. The average Bonchev–Trinajstić information content (AvgIpc) is 2.75. The van der Waals surface area contributed by atoms with E-state index in [1.54, 1.807) is 0 Å². The molecule has 0 aromatic heterocycles. The maximum Gasteiger partial charge on any atom is 0.166 e. The van der Waals surface area contributed by atoms with Gasteiger partial charge in [-0.25, -0.2) is 0 Å². The van der Waals surface area contributed by atoms with Gasteiger partial charge in [-0.05, 0) is 23.1 Å². The minimum Gasteiger partial charge on any atom is -0.298 e. The van der Waals surface area contributed by atoms with Gasteiger partial charge >= 0.3 is 0 Å². The molecule has 0 heterocycles. The molecule has 2 nitrogen and oxygen atoms in total. The van der Waals surface area contributed by atoms with Crippen LogP contribution in [0.25, 0.3) is 11.1 Å². The largest absolute Gasteiger partial charge is 0.298 e. The van der Waals surface area contributed by atoms with Crippen molar-refractivity contribution in [1.29, 1.82) is 0 Å². The van der Waals surface area contributed by atoms with Crippen molar-refractivity contribution in [2.24, 2.45) is 5.92 Å². The van der Waals surface area contributed by atoms with Gasteiger partial charge in [-0.2, -0.15) is 0 Å². The third-order valence-electron chi connectivity index (χ3n) is 3.76. The highest BCUT2D eigenvalue weighted by Gasteiger charge is 2.28. The molecular formula is C17H14O2. The summed E-state index contributed by atoms with van der Waals surface area (Å²) in [7, 11) is 0. The van der Waals surface area contributed by atoms with E-state index in [9.17, 15) is 9.59 Å². The van der Waals surface area contributed by atoms with Crippen LogP contribution < -0.4 is 0 Å². The van der Waals surface area contributed by atoms with Crippen molar-refractivity contribution in [1.82, 2.24) is 0 Å². The fourth-order valence-corrected chi connectivity index (χ4v) is 2.71. The highest BCUT2D eigenvalue weighted by atomic mass is 16.1. The summed E-state index contributed by atoms with van der Waals surface area (Å²) in [5.41, 5.74) is 4.82. The Labute approximate surface area is 112 Å². The Bertz CT molecular complexity index is 653. The molecule has 19 heavy (non-hydrogen) atoms. The lowest BCUT2D eigenvalue weighted by Crippen LogP contribution is -2.02. The molecule has 1 aliphatic rings. The second-order valence-electron chi connectivity index (χ2n) is 5.04. The number of carbonyl (C=O) groups is 2. The van der Waals surface area contributed by atoms with Gasteiger partial charge in [0.2, 0.25) is 0 Å². The molecule has 0 bridgehead atoms. The van der Waals surface area contributed by atoms with Crippen molar-refractivity contribution >= 4 is 12.1 Å². The zero-order chi connectivity index (χ0) is 13.4. The first-order chi connectivity index (χ1) is 9.20. The minimum atomic E-state index is 0.0744. The van der Waals surface area contributed by atoms with Gasteiger partial charge in [0.25, 0.3) is 0 Å². The third kappa shape index (κ3) is 1.89. The van der Waals surface area contributed by atoms with Crippen molar-refractivity contribution in [2.45, 2.75) is 13.3 Å². The number of Topliss-reactive ketones (excluding diaryl/α,β-unsaturated/α-hetero) is 1. The fraction of sp³-hybridized carbons (Fsp3) is 0.176. The van der Waals surface area contributed by atoms with Crippen LogP contribution in [0.4, 0.5) is 0 Å². The van der Waals surface area contributed by atoms with E-state index in [0.717, 1.165) is 35.0 Å². The molecule has 0 saturated heterocycles. The second kappa shape index (κ2) is 4.47. The molecule has 94 valence electrons. The molecule has 2 aromatic carbocycles. The molecule has 1 unspecified atom stereocenters. The van der Waals surface area contributed by atoms with Crippen LogP contribution >= 0.6 is 0 Å². The molecule has 0 aliphatic heterocycles. The van der Waals surface area contributed by atoms with E-state index in [-0.39, 0.29) is 11.7 Å². The monoisotopic (exact) mass is 250 g/mol. The molecule has 0 amide bonds. The standard InChI is InChI=1S/C17H14O2/c1-11-9-16-14(3-2-4-15(16)17(11)19)13-7-5-12(10-18)6-8-13/h2-8,10-11H,9H2,1H3. The van der Waals surface area contributed by atoms with Crippen molar-refractivity contribution in [3.63, 3.8) is 0 Å². The van der Waals surface area contributed by atoms with E-state index in [1.807, 2.05) is 49.4 Å². The number of ketones is 1. The van der Waals surface area contributed by atoms with Gasteiger partial charge in [0, 0.05) is 17.0 Å². The number of hydrogen-bond acceptors (Lipinski definition) is 2. The van der Waals surface area contributed by atoms with E-state index in [0.29, 0.717) is 5.56 Å². The SMILES string of the molecule is CC1Cc2c(cccc2-c2ccc(C=O)cc2)C1=O. The highest BCUT2D eigenvalue weighted by Crippen LogP contribution is 2.34. The van der Waals surface area contributed by atoms with E-state index >= 15 is 0 Å². The molecule has 0 N–H and O–H groups in total. The second-order valence-corrected chi connectivity index (χ2v) is 5.04. The summed E-state index contributed by atoms with van der Waals surface area (Å²) in [6.07, 6.45) is 1.64. The normalized spacial score (nSPS) is 17.3. The summed E-state index contributed by atoms with van der Waals surface area (Å²) in [5, 5.41) is 0. The zero-order valence-corrected chi connectivity index (χ0v) is 10.7. The molecule has 1 aliphatic carbocycles. The molecule has 1 atom stereocenters. The molecule has 0 saturated carbocycles. The summed E-state index contributed by atoms with van der Waals surface area (Å²) >= 11 is 0. The van der Waals surface area contributed by atoms with Gasteiger partial charge in [0.15, 0.2) is 5.78 Å². The Morgan fingerprint density at radius 3 is 2.42 bits per heavy atom. The van der Waals surface area contributed by atoms with Crippen LogP contribution in [0.5, 0.6) is 0 Å². The lowest BCUT2D eigenvalue weighted by molar-refractivity contribution is 0.0946. The van der Waals surface area contributed by atoms with Gasteiger partial charge in [0.05, 0.1) is 0 Å². The summed E-state index contributed by atoms with van der Waals surface area (Å²) in [4.78, 5) is 22.7. The minimum absolute atomic E-state index is 0.0744. The highest BCUT2D eigenvalue weighted by molar-refractivity contribution is 6.03. The predicted molar refractivity (Wildman–Crippen MR) is 74.5 cm³/mol. The number of aldehydes is 1. The van der Waals surface area contributed by atoms with Gasteiger partial charge in [0.1, 0.15) is 6.29 Å². The van der Waals surface area contributed by atoms with E-state index < -0.39 is 0 Å². The fourth-order valence-electron chi connectivity index (χ4n) is 2.71. The summed E-state index contributed by atoms with van der Waals surface area (Å²) in [5.74, 6) is 0.312. The predicted octanol–water partition coefficient (Wildman–Crippen LogP) is 3.54. The Kier molecular flexibility index (Phi) is 2.79. The van der Waals surface area contributed by atoms with Gasteiger partial charge in [-0.3, -0.25) is 9.59 Å². The molecule has 2 heteroatoms. The lowest BCUT2D eigenvalue weighted by Gasteiger charge is -2.08. The van der Waals surface area contributed by atoms with Gasteiger partial charge < -0.3 is 0 Å². The van der Waals surface area contributed by atoms with Crippen molar-refractivity contribution in [3.8, 4) is 11.1 Å². The number of fused-ring (bicyclic) bond motifs is 1. The number of rotatable bonds is 2. The first-order valence-corrected chi connectivity index (χ1v) is 6.42. The maximum atomic E-state index is 12.0. The van der Waals surface area contributed by atoms with Crippen molar-refractivity contribution < 1.29 is 9.59 Å². The average molecular weight is 250 g/mol. The van der Waals surface area contributed by atoms with E-state index in [4.69, 9.17) is 0 Å². The van der Waals surface area contributed by atoms with Crippen LogP contribution in [0.1, 0.15) is 33.2 Å². The number of carbonyl (C=O) groups excluding carboxylic acids is 2. The molecule has 0 fully saturated rings. The third-order valence-corrected chi connectivity index (χ3v) is 3.76. The topological polar surface area (TPSA) is 34.1 Å². The summed E-state index contributed by atoms with van der Waals surface area (Å²) < 4.78 is 0. The first-order valence-electron chi connectivity index (χ1n) is 6.42. The van der Waals surface area contributed by atoms with Crippen molar-refractivity contribution in [2.75, 3.05) is 0 Å². The summed E-state index contributed by atoms with van der Waals surface area (Å²) in [6.45, 7) is 1.97. The zero-order valence-electron chi connectivity index (χ0n) is 10.7. The van der Waals surface area contributed by atoms with Crippen molar-refractivity contribution in [3.05, 3.63) is 59.2 Å². The molecule has 0 spiro atoms. The maximum absolute atomic E-state index is 12.0. The molecule has 0 radical (unpaired) electrons. The lowest BCUT2D eigenvalue weighted by atomic mass is 9.96. The van der Waals surface area contributed by atoms with Crippen LogP contribution in [-0.4, -0.2) is 12.1 Å². The van der Waals surface area contributed by atoms with Crippen LogP contribution in [-0.2, 0) is 6.42 Å². The van der Waals surface area contributed by atoms with E-state index in [2.05, 4.69) is 0 Å². The van der Waals surface area contributed by atoms with E-state index in [1.165, 1.54) is 0 Å². The molecular weight excluding hydrogens is 236 g/mol. The Balaban J connectivity index is 2.11. The smallest absolute Gasteiger partial charge is 0.166 e. The Morgan fingerprint density at radius 2 is 1.74 bits per heavy atom. The van der Waals surface area contributed by atoms with Crippen LogP contribution in [0.15, 0.2) is 42.5 Å². The van der Waals surface area contributed by atoms with Gasteiger partial charge in [-0.1, -0.05) is 49.4 Å². The first kappa shape index (κ1) is 11.8. The van der Waals surface area contributed by atoms with Crippen LogP contribution in [0.3, 0.4) is 0 Å². The quantitative estimate of drug-likeness (QED) is 0.764.